The van der Waals surface area contributed by atoms with Gasteiger partial charge in [-0.05, 0) is 31.9 Å². The molecule has 1 rings (SSSR count). The van der Waals surface area contributed by atoms with Gasteiger partial charge in [-0.2, -0.15) is 0 Å². The van der Waals surface area contributed by atoms with Gasteiger partial charge in [-0.25, -0.2) is 4.39 Å². The minimum atomic E-state index is -0.962. The van der Waals surface area contributed by atoms with Crippen LogP contribution in [0.15, 0.2) is 18.2 Å². The lowest BCUT2D eigenvalue weighted by molar-refractivity contribution is -0.147. The monoisotopic (exact) mass is 266 g/mol. The largest absolute Gasteiger partial charge is 0.465 e. The molecule has 0 radical (unpaired) electrons. The molecule has 0 fully saturated rings. The van der Waals surface area contributed by atoms with Gasteiger partial charge >= 0.3 is 5.97 Å². The van der Waals surface area contributed by atoms with Crippen LogP contribution in [0.2, 0.25) is 0 Å². The zero-order chi connectivity index (χ0) is 14.6. The van der Waals surface area contributed by atoms with E-state index in [4.69, 9.17) is 4.74 Å². The van der Waals surface area contributed by atoms with Gasteiger partial charge in [0, 0.05) is 0 Å². The van der Waals surface area contributed by atoms with Crippen molar-refractivity contribution in [1.29, 1.82) is 0 Å². The summed E-state index contributed by atoms with van der Waals surface area (Å²) in [5.41, 5.74) is 0.725. The Kier molecular flexibility index (Phi) is 5.21. The molecule has 0 spiro atoms. The number of Topliss-reactive ketones (excluding diaryl/α,β-unsaturated/α-hetero) is 1. The maximum atomic E-state index is 13.7. The second-order valence-electron chi connectivity index (χ2n) is 4.82. The zero-order valence-electron chi connectivity index (χ0n) is 11.7. The number of ether oxygens (including phenoxy) is 1. The molecule has 1 aromatic rings. The Bertz CT molecular complexity index is 480. The molecule has 1 unspecified atom stereocenters. The van der Waals surface area contributed by atoms with E-state index in [2.05, 4.69) is 0 Å². The van der Waals surface area contributed by atoms with Crippen LogP contribution in [0.4, 0.5) is 4.39 Å². The van der Waals surface area contributed by atoms with Crippen molar-refractivity contribution >= 4 is 11.8 Å². The normalized spacial score (nSPS) is 12.3. The Morgan fingerprint density at radius 2 is 1.95 bits per heavy atom. The first kappa shape index (κ1) is 15.3. The van der Waals surface area contributed by atoms with Crippen LogP contribution in [0.1, 0.15) is 36.7 Å². The van der Waals surface area contributed by atoms with Gasteiger partial charge in [0.05, 0.1) is 12.2 Å². The van der Waals surface area contributed by atoms with E-state index in [1.807, 2.05) is 0 Å². The van der Waals surface area contributed by atoms with Gasteiger partial charge in [-0.3, -0.25) is 9.59 Å². The molecule has 0 bridgehead atoms. The van der Waals surface area contributed by atoms with Crippen LogP contribution in [0, 0.1) is 24.6 Å². The number of halogens is 1. The maximum absolute atomic E-state index is 13.7. The highest BCUT2D eigenvalue weighted by Gasteiger charge is 2.33. The third-order valence-corrected chi connectivity index (χ3v) is 2.88. The number of carbonyl (C=O) groups is 2. The van der Waals surface area contributed by atoms with E-state index < -0.39 is 23.5 Å². The predicted molar refractivity (Wildman–Crippen MR) is 70.4 cm³/mol. The summed E-state index contributed by atoms with van der Waals surface area (Å²) >= 11 is 0. The van der Waals surface area contributed by atoms with Crippen molar-refractivity contribution in [3.8, 4) is 0 Å². The van der Waals surface area contributed by atoms with Crippen LogP contribution in [0.3, 0.4) is 0 Å². The van der Waals surface area contributed by atoms with Crippen molar-refractivity contribution in [3.05, 3.63) is 35.1 Å². The van der Waals surface area contributed by atoms with Crippen molar-refractivity contribution in [2.75, 3.05) is 6.61 Å². The Morgan fingerprint density at radius 1 is 1.32 bits per heavy atom. The lowest BCUT2D eigenvalue weighted by atomic mass is 9.87. The predicted octanol–water partition coefficient (Wildman–Crippen LogP) is 3.15. The van der Waals surface area contributed by atoms with Gasteiger partial charge in [0.2, 0.25) is 0 Å². The van der Waals surface area contributed by atoms with Gasteiger partial charge in [0.25, 0.3) is 0 Å². The zero-order valence-corrected chi connectivity index (χ0v) is 11.7. The number of rotatable bonds is 5. The standard InChI is InChI=1S/C15H19FO3/c1-5-19-15(18)13(9(2)3)14(17)11-8-10(4)6-7-12(11)16/h6-9,13H,5H2,1-4H3. The summed E-state index contributed by atoms with van der Waals surface area (Å²) in [6, 6.07) is 4.29. The summed E-state index contributed by atoms with van der Waals surface area (Å²) in [7, 11) is 0. The minimum absolute atomic E-state index is 0.0493. The molecule has 104 valence electrons. The van der Waals surface area contributed by atoms with Gasteiger partial charge < -0.3 is 4.74 Å². The molecule has 4 heteroatoms. The highest BCUT2D eigenvalue weighted by Crippen LogP contribution is 2.22. The fourth-order valence-corrected chi connectivity index (χ4v) is 1.91. The van der Waals surface area contributed by atoms with Gasteiger partial charge in [-0.15, -0.1) is 0 Å². The van der Waals surface area contributed by atoms with Crippen LogP contribution >= 0.6 is 0 Å². The Labute approximate surface area is 112 Å². The van der Waals surface area contributed by atoms with Crippen molar-refractivity contribution in [2.45, 2.75) is 27.7 Å². The molecule has 0 heterocycles. The molecule has 0 amide bonds. The average Bonchev–Trinajstić information content (AvgIpc) is 2.32. The van der Waals surface area contributed by atoms with Crippen LogP contribution in [0.5, 0.6) is 0 Å². The van der Waals surface area contributed by atoms with Gasteiger partial charge in [-0.1, -0.05) is 25.5 Å². The Morgan fingerprint density at radius 3 is 2.47 bits per heavy atom. The number of esters is 1. The molecule has 1 aromatic carbocycles. The quantitative estimate of drug-likeness (QED) is 0.467. The third kappa shape index (κ3) is 3.63. The van der Waals surface area contributed by atoms with E-state index in [0.29, 0.717) is 0 Å². The van der Waals surface area contributed by atoms with E-state index >= 15 is 0 Å². The fourth-order valence-electron chi connectivity index (χ4n) is 1.91. The van der Waals surface area contributed by atoms with Crippen LogP contribution in [-0.2, 0) is 9.53 Å². The molecular weight excluding hydrogens is 247 g/mol. The lowest BCUT2D eigenvalue weighted by Crippen LogP contribution is -2.31. The molecule has 0 aromatic heterocycles. The fraction of sp³-hybridized carbons (Fsp3) is 0.467. The number of hydrogen-bond donors (Lipinski definition) is 0. The van der Waals surface area contributed by atoms with E-state index in [1.165, 1.54) is 12.1 Å². The molecule has 0 aliphatic carbocycles. The number of aryl methyl sites for hydroxylation is 1. The second-order valence-corrected chi connectivity index (χ2v) is 4.82. The number of hydrogen-bond acceptors (Lipinski definition) is 3. The number of carbonyl (C=O) groups excluding carboxylic acids is 2. The number of benzene rings is 1. The molecule has 0 saturated heterocycles. The molecule has 1 atom stereocenters. The van der Waals surface area contributed by atoms with E-state index in [9.17, 15) is 14.0 Å². The summed E-state index contributed by atoms with van der Waals surface area (Å²) < 4.78 is 18.6. The summed E-state index contributed by atoms with van der Waals surface area (Å²) in [5.74, 6) is -2.92. The van der Waals surface area contributed by atoms with Gasteiger partial charge in [0.1, 0.15) is 11.7 Å². The summed E-state index contributed by atoms with van der Waals surface area (Å²) in [6.07, 6.45) is 0. The maximum Gasteiger partial charge on any atom is 0.317 e. The molecule has 19 heavy (non-hydrogen) atoms. The lowest BCUT2D eigenvalue weighted by Gasteiger charge is -2.18. The van der Waals surface area contributed by atoms with Crippen molar-refractivity contribution in [3.63, 3.8) is 0 Å². The minimum Gasteiger partial charge on any atom is -0.465 e. The van der Waals surface area contributed by atoms with E-state index in [1.54, 1.807) is 33.8 Å². The summed E-state index contributed by atoms with van der Waals surface area (Å²) in [4.78, 5) is 24.2. The Hall–Kier alpha value is -1.71. The SMILES string of the molecule is CCOC(=O)C(C(=O)c1cc(C)ccc1F)C(C)C. The highest BCUT2D eigenvalue weighted by atomic mass is 19.1. The third-order valence-electron chi connectivity index (χ3n) is 2.88. The smallest absolute Gasteiger partial charge is 0.317 e. The molecule has 3 nitrogen and oxygen atoms in total. The summed E-state index contributed by atoms with van der Waals surface area (Å²) in [6.45, 7) is 7.13. The first-order chi connectivity index (χ1) is 8.88. The molecule has 0 N–H and O–H groups in total. The van der Waals surface area contributed by atoms with Crippen molar-refractivity contribution in [2.24, 2.45) is 11.8 Å². The number of ketones is 1. The van der Waals surface area contributed by atoms with Crippen molar-refractivity contribution < 1.29 is 18.7 Å². The van der Waals surface area contributed by atoms with Crippen LogP contribution < -0.4 is 0 Å². The van der Waals surface area contributed by atoms with Crippen LogP contribution in [0.25, 0.3) is 0 Å². The van der Waals surface area contributed by atoms with Crippen LogP contribution in [-0.4, -0.2) is 18.4 Å². The summed E-state index contributed by atoms with van der Waals surface area (Å²) in [5, 5.41) is 0. The second kappa shape index (κ2) is 6.45. The Balaban J connectivity index is 3.13. The van der Waals surface area contributed by atoms with E-state index in [-0.39, 0.29) is 18.1 Å². The molecule has 0 aliphatic heterocycles. The average molecular weight is 266 g/mol. The molecule has 0 saturated carbocycles. The molecule has 0 aliphatic rings. The first-order valence-electron chi connectivity index (χ1n) is 6.35. The van der Waals surface area contributed by atoms with Crippen molar-refractivity contribution in [1.82, 2.24) is 0 Å². The first-order valence-corrected chi connectivity index (χ1v) is 6.35. The molecular formula is C15H19FO3. The highest BCUT2D eigenvalue weighted by molar-refractivity contribution is 6.09. The van der Waals surface area contributed by atoms with E-state index in [0.717, 1.165) is 5.56 Å². The van der Waals surface area contributed by atoms with Gasteiger partial charge in [0.15, 0.2) is 5.78 Å². The topological polar surface area (TPSA) is 43.4 Å².